The average Bonchev–Trinajstić information content (AvgIpc) is 2.10. The highest BCUT2D eigenvalue weighted by molar-refractivity contribution is 8.14. The normalized spacial score (nSPS) is 11.7. The number of alkyl halides is 3. The summed E-state index contributed by atoms with van der Waals surface area (Å²) in [6, 6.07) is -0.657. The molecule has 0 spiro atoms. The molecule has 0 aliphatic heterocycles. The number of hydrogen-bond donors (Lipinski definition) is 0. The minimum atomic E-state index is -4.49. The van der Waals surface area contributed by atoms with E-state index in [1.807, 2.05) is 0 Å². The fraction of sp³-hybridized carbons (Fsp3) is 0.750. The van der Waals surface area contributed by atoms with Crippen LogP contribution >= 0.6 is 11.8 Å². The molecule has 88 valence electrons. The van der Waals surface area contributed by atoms with Crippen LogP contribution in [0.4, 0.5) is 13.2 Å². The summed E-state index contributed by atoms with van der Waals surface area (Å²) in [7, 11) is 0. The van der Waals surface area contributed by atoms with Crippen LogP contribution in [0.5, 0.6) is 0 Å². The Balaban J connectivity index is 4.68. The minimum absolute atomic E-state index is 0.513. The highest BCUT2D eigenvalue weighted by Gasteiger charge is 2.36. The highest BCUT2D eigenvalue weighted by Crippen LogP contribution is 2.19. The first-order valence-corrected chi connectivity index (χ1v) is 5.37. The molecule has 0 fully saturated rings. The number of halogens is 3. The molecule has 0 aromatic carbocycles. The molecule has 0 rings (SSSR count). The Hall–Kier alpha value is -0.720. The van der Waals surface area contributed by atoms with Gasteiger partial charge in [-0.2, -0.15) is 13.2 Å². The van der Waals surface area contributed by atoms with E-state index in [-0.39, 0.29) is 0 Å². The molecule has 7 heteroatoms. The topological polar surface area (TPSA) is 37.4 Å². The number of nitrogens with zero attached hydrogens (tertiary/aromatic N) is 1. The van der Waals surface area contributed by atoms with Gasteiger partial charge in [-0.25, -0.2) is 0 Å². The van der Waals surface area contributed by atoms with E-state index < -0.39 is 29.8 Å². The molecule has 0 heterocycles. The molecule has 3 nitrogen and oxygen atoms in total. The lowest BCUT2D eigenvalue weighted by Gasteiger charge is -2.26. The number of carbonyl (C=O) groups excluding carboxylic acids is 2. The van der Waals surface area contributed by atoms with Crippen LogP contribution in [0.15, 0.2) is 0 Å². The molecule has 0 aliphatic rings. The van der Waals surface area contributed by atoms with Crippen molar-refractivity contribution < 1.29 is 22.8 Å². The molecule has 0 atom stereocenters. The van der Waals surface area contributed by atoms with Crippen LogP contribution in [-0.4, -0.2) is 40.9 Å². The molecule has 0 saturated heterocycles. The predicted octanol–water partition coefficient (Wildman–Crippen LogP) is 1.68. The molecule has 0 radical (unpaired) electrons. The first-order valence-electron chi connectivity index (χ1n) is 4.14. The van der Waals surface area contributed by atoms with Gasteiger partial charge >= 0.3 is 12.1 Å². The molecule has 0 unspecified atom stereocenters. The monoisotopic (exact) mass is 243 g/mol. The van der Waals surface area contributed by atoms with Crippen molar-refractivity contribution in [1.82, 2.24) is 4.90 Å². The second kappa shape index (κ2) is 5.39. The Morgan fingerprint density at radius 2 is 1.80 bits per heavy atom. The third-order valence-electron chi connectivity index (χ3n) is 1.59. The number of amides is 1. The summed E-state index contributed by atoms with van der Waals surface area (Å²) in [6.07, 6.45) is -3.13. The van der Waals surface area contributed by atoms with Gasteiger partial charge in [0.2, 0.25) is 0 Å². The van der Waals surface area contributed by atoms with Crippen molar-refractivity contribution in [3.8, 4) is 0 Å². The van der Waals surface area contributed by atoms with Crippen molar-refractivity contribution in [3.05, 3.63) is 0 Å². The van der Waals surface area contributed by atoms with Crippen LogP contribution in [0.1, 0.15) is 13.8 Å². The van der Waals surface area contributed by atoms with Crippen molar-refractivity contribution >= 4 is 22.8 Å². The van der Waals surface area contributed by atoms with Gasteiger partial charge in [0.1, 0.15) is 6.54 Å². The Morgan fingerprint density at radius 3 is 2.07 bits per heavy atom. The average molecular weight is 243 g/mol. The zero-order chi connectivity index (χ0) is 12.2. The van der Waals surface area contributed by atoms with E-state index >= 15 is 0 Å². The van der Waals surface area contributed by atoms with Gasteiger partial charge in [-0.3, -0.25) is 9.59 Å². The predicted molar refractivity (Wildman–Crippen MR) is 51.4 cm³/mol. The van der Waals surface area contributed by atoms with Gasteiger partial charge in [-0.1, -0.05) is 11.8 Å². The summed E-state index contributed by atoms with van der Waals surface area (Å²) in [6.45, 7) is 1.46. The van der Waals surface area contributed by atoms with Gasteiger partial charge in [0.25, 0.3) is 5.12 Å². The Kier molecular flexibility index (Phi) is 5.13. The molecule has 0 aromatic heterocycles. The lowest BCUT2D eigenvalue weighted by atomic mass is 10.3. The SMILES string of the molecule is CSC(=O)C(=O)N(CC(F)(F)F)C(C)C. The molecule has 15 heavy (non-hydrogen) atoms. The van der Waals surface area contributed by atoms with Gasteiger partial charge in [0, 0.05) is 6.04 Å². The van der Waals surface area contributed by atoms with Crippen LogP contribution in [0, 0.1) is 0 Å². The molecule has 0 N–H and O–H groups in total. The van der Waals surface area contributed by atoms with E-state index in [2.05, 4.69) is 0 Å². The molecule has 0 bridgehead atoms. The summed E-state index contributed by atoms with van der Waals surface area (Å²) in [4.78, 5) is 22.7. The van der Waals surface area contributed by atoms with E-state index in [1.165, 1.54) is 20.1 Å². The van der Waals surface area contributed by atoms with Gasteiger partial charge in [-0.15, -0.1) is 0 Å². The van der Waals surface area contributed by atoms with Crippen molar-refractivity contribution in [2.75, 3.05) is 12.8 Å². The lowest BCUT2D eigenvalue weighted by Crippen LogP contribution is -2.45. The Bertz CT molecular complexity index is 253. The van der Waals surface area contributed by atoms with E-state index in [1.54, 1.807) is 0 Å². The summed E-state index contributed by atoms with van der Waals surface area (Å²) >= 11 is 0.607. The lowest BCUT2D eigenvalue weighted by molar-refractivity contribution is -0.165. The van der Waals surface area contributed by atoms with Crippen molar-refractivity contribution in [3.63, 3.8) is 0 Å². The maximum atomic E-state index is 12.1. The third kappa shape index (κ3) is 5.06. The summed E-state index contributed by atoms with van der Waals surface area (Å²) in [5, 5.41) is -0.882. The molecule has 1 amide bonds. The first-order chi connectivity index (χ1) is 6.69. The highest BCUT2D eigenvalue weighted by atomic mass is 32.2. The zero-order valence-electron chi connectivity index (χ0n) is 8.59. The second-order valence-corrected chi connectivity index (χ2v) is 3.91. The number of thioether (sulfide) groups is 1. The van der Waals surface area contributed by atoms with Gasteiger partial charge in [-0.05, 0) is 20.1 Å². The Labute approximate surface area is 90.0 Å². The molecule has 0 aromatic rings. The smallest absolute Gasteiger partial charge is 0.324 e. The summed E-state index contributed by atoms with van der Waals surface area (Å²) < 4.78 is 36.2. The number of carbonyl (C=O) groups is 2. The largest absolute Gasteiger partial charge is 0.406 e. The van der Waals surface area contributed by atoms with Gasteiger partial charge in [0.15, 0.2) is 0 Å². The zero-order valence-corrected chi connectivity index (χ0v) is 9.41. The summed E-state index contributed by atoms with van der Waals surface area (Å²) in [5.41, 5.74) is 0. The molecule has 0 aliphatic carbocycles. The minimum Gasteiger partial charge on any atom is -0.324 e. The maximum Gasteiger partial charge on any atom is 0.406 e. The van der Waals surface area contributed by atoms with Crippen molar-refractivity contribution in [2.24, 2.45) is 0 Å². The van der Waals surface area contributed by atoms with Crippen LogP contribution < -0.4 is 0 Å². The van der Waals surface area contributed by atoms with Gasteiger partial charge in [0.05, 0.1) is 0 Å². The second-order valence-electron chi connectivity index (χ2n) is 3.13. The molecular formula is C8H12F3NO2S. The summed E-state index contributed by atoms with van der Waals surface area (Å²) in [5.74, 6) is -1.10. The van der Waals surface area contributed by atoms with Gasteiger partial charge < -0.3 is 4.90 Å². The van der Waals surface area contributed by atoms with Crippen molar-refractivity contribution in [1.29, 1.82) is 0 Å². The van der Waals surface area contributed by atoms with Crippen LogP contribution in [0.25, 0.3) is 0 Å². The van der Waals surface area contributed by atoms with E-state index in [4.69, 9.17) is 0 Å². The number of rotatable bonds is 2. The Morgan fingerprint density at radius 1 is 1.33 bits per heavy atom. The fourth-order valence-electron chi connectivity index (χ4n) is 0.887. The third-order valence-corrected chi connectivity index (χ3v) is 2.14. The standard InChI is InChI=1S/C8H12F3NO2S/c1-5(2)12(4-8(9,10)11)6(13)7(14)15-3/h5H,4H2,1-3H3. The fourth-order valence-corrected chi connectivity index (χ4v) is 1.18. The maximum absolute atomic E-state index is 12.1. The van der Waals surface area contributed by atoms with Crippen LogP contribution in [0.3, 0.4) is 0 Å². The molecular weight excluding hydrogens is 231 g/mol. The van der Waals surface area contributed by atoms with E-state index in [0.29, 0.717) is 16.7 Å². The van der Waals surface area contributed by atoms with Crippen molar-refractivity contribution in [2.45, 2.75) is 26.1 Å². The van der Waals surface area contributed by atoms with E-state index in [0.717, 1.165) is 0 Å². The number of hydrogen-bond acceptors (Lipinski definition) is 3. The first kappa shape index (κ1) is 14.3. The van der Waals surface area contributed by atoms with Crippen LogP contribution in [-0.2, 0) is 9.59 Å². The van der Waals surface area contributed by atoms with E-state index in [9.17, 15) is 22.8 Å². The quantitative estimate of drug-likeness (QED) is 0.692. The molecule has 0 saturated carbocycles. The van der Waals surface area contributed by atoms with Crippen LogP contribution in [0.2, 0.25) is 0 Å².